The zero-order valence-electron chi connectivity index (χ0n) is 6.55. The molecule has 0 aromatic heterocycles. The number of carbonyl (C=O) groups is 1. The third kappa shape index (κ3) is 1.19. The summed E-state index contributed by atoms with van der Waals surface area (Å²) >= 11 is 0. The summed E-state index contributed by atoms with van der Waals surface area (Å²) in [4.78, 5) is 10.5. The van der Waals surface area contributed by atoms with Crippen molar-refractivity contribution >= 4 is 6.03 Å². The third-order valence-electron chi connectivity index (χ3n) is 3.07. The van der Waals surface area contributed by atoms with Crippen molar-refractivity contribution in [2.24, 2.45) is 17.6 Å². The van der Waals surface area contributed by atoms with Gasteiger partial charge in [-0.1, -0.05) is 6.42 Å². The smallest absolute Gasteiger partial charge is 0.312 e. The topological polar surface area (TPSA) is 55.1 Å². The van der Waals surface area contributed by atoms with Crippen molar-refractivity contribution < 1.29 is 4.79 Å². The van der Waals surface area contributed by atoms with Crippen molar-refractivity contribution in [3.8, 4) is 0 Å². The van der Waals surface area contributed by atoms with Gasteiger partial charge >= 0.3 is 6.03 Å². The lowest BCUT2D eigenvalue weighted by Crippen LogP contribution is -2.41. The molecule has 2 rings (SSSR count). The van der Waals surface area contributed by atoms with Crippen LogP contribution in [0, 0.1) is 11.8 Å². The number of amides is 2. The molecule has 3 atom stereocenters. The van der Waals surface area contributed by atoms with Crippen molar-refractivity contribution in [3.63, 3.8) is 0 Å². The van der Waals surface area contributed by atoms with E-state index in [-0.39, 0.29) is 6.03 Å². The van der Waals surface area contributed by atoms with Gasteiger partial charge in [0.05, 0.1) is 0 Å². The van der Waals surface area contributed by atoms with Gasteiger partial charge in [0.1, 0.15) is 0 Å². The molecule has 3 N–H and O–H groups in total. The molecule has 0 aromatic carbocycles. The van der Waals surface area contributed by atoms with Crippen molar-refractivity contribution in [3.05, 3.63) is 0 Å². The van der Waals surface area contributed by atoms with Crippen molar-refractivity contribution in [2.75, 3.05) is 0 Å². The predicted octanol–water partition coefficient (Wildman–Crippen LogP) is 0.843. The first-order chi connectivity index (χ1) is 5.25. The van der Waals surface area contributed by atoms with E-state index in [1.54, 1.807) is 0 Å². The molecule has 3 heteroatoms. The van der Waals surface area contributed by atoms with Gasteiger partial charge in [0.25, 0.3) is 0 Å². The van der Waals surface area contributed by atoms with E-state index in [0.717, 1.165) is 18.3 Å². The summed E-state index contributed by atoms with van der Waals surface area (Å²) in [5, 5.41) is 2.81. The Balaban J connectivity index is 1.92. The lowest BCUT2D eigenvalue weighted by molar-refractivity contribution is 0.239. The van der Waals surface area contributed by atoms with Crippen LogP contribution in [0.5, 0.6) is 0 Å². The largest absolute Gasteiger partial charge is 0.352 e. The zero-order chi connectivity index (χ0) is 7.84. The number of hydrogen-bond donors (Lipinski definition) is 2. The second-order valence-corrected chi connectivity index (χ2v) is 3.79. The first kappa shape index (κ1) is 6.95. The monoisotopic (exact) mass is 154 g/mol. The highest BCUT2D eigenvalue weighted by Gasteiger charge is 2.39. The van der Waals surface area contributed by atoms with Crippen molar-refractivity contribution in [1.82, 2.24) is 5.32 Å². The highest BCUT2D eigenvalue weighted by molar-refractivity contribution is 5.72. The lowest BCUT2D eigenvalue weighted by atomic mass is 9.96. The number of fused-ring (bicyclic) bond motifs is 2. The summed E-state index contributed by atoms with van der Waals surface area (Å²) in [5.74, 6) is 1.60. The van der Waals surface area contributed by atoms with Gasteiger partial charge in [-0.25, -0.2) is 4.79 Å². The summed E-state index contributed by atoms with van der Waals surface area (Å²) in [6.45, 7) is 0. The molecule has 2 amide bonds. The molecule has 0 heterocycles. The first-order valence-corrected chi connectivity index (χ1v) is 4.31. The SMILES string of the molecule is NC(=O)NC1CC2CCC1C2. The number of nitrogens with one attached hydrogen (secondary N) is 1. The van der Waals surface area contributed by atoms with Crippen LogP contribution in [0.1, 0.15) is 25.7 Å². The van der Waals surface area contributed by atoms with Crippen LogP contribution in [-0.4, -0.2) is 12.1 Å². The average molecular weight is 154 g/mol. The molecule has 2 saturated carbocycles. The van der Waals surface area contributed by atoms with Crippen molar-refractivity contribution in [1.29, 1.82) is 0 Å². The second-order valence-electron chi connectivity index (χ2n) is 3.79. The van der Waals surface area contributed by atoms with E-state index in [4.69, 9.17) is 5.73 Å². The van der Waals surface area contributed by atoms with Crippen LogP contribution in [0.2, 0.25) is 0 Å². The molecule has 0 aliphatic heterocycles. The van der Waals surface area contributed by atoms with Crippen LogP contribution in [0.25, 0.3) is 0 Å². The molecule has 2 fully saturated rings. The molecule has 3 unspecified atom stereocenters. The van der Waals surface area contributed by atoms with E-state index < -0.39 is 0 Å². The minimum atomic E-state index is -0.359. The molecule has 0 spiro atoms. The molecule has 11 heavy (non-hydrogen) atoms. The summed E-state index contributed by atoms with van der Waals surface area (Å²) in [6.07, 6.45) is 5.12. The molecule has 0 radical (unpaired) electrons. The van der Waals surface area contributed by atoms with Crippen LogP contribution < -0.4 is 11.1 Å². The summed E-state index contributed by atoms with van der Waals surface area (Å²) < 4.78 is 0. The number of nitrogens with two attached hydrogens (primary N) is 1. The van der Waals surface area contributed by atoms with E-state index >= 15 is 0 Å². The number of rotatable bonds is 1. The van der Waals surface area contributed by atoms with Gasteiger partial charge in [-0.3, -0.25) is 0 Å². The van der Waals surface area contributed by atoms with Gasteiger partial charge in [0, 0.05) is 6.04 Å². The van der Waals surface area contributed by atoms with Gasteiger partial charge in [0.15, 0.2) is 0 Å². The maximum Gasteiger partial charge on any atom is 0.312 e. The molecule has 62 valence electrons. The predicted molar refractivity (Wildman–Crippen MR) is 42.0 cm³/mol. The molecule has 0 aromatic rings. The van der Waals surface area contributed by atoms with Gasteiger partial charge < -0.3 is 11.1 Å². The molecular weight excluding hydrogens is 140 g/mol. The Morgan fingerprint density at radius 3 is 2.64 bits per heavy atom. The Hall–Kier alpha value is -0.730. The lowest BCUT2D eigenvalue weighted by Gasteiger charge is -2.21. The van der Waals surface area contributed by atoms with E-state index in [2.05, 4.69) is 5.32 Å². The maximum absolute atomic E-state index is 10.5. The fraction of sp³-hybridized carbons (Fsp3) is 0.875. The zero-order valence-corrected chi connectivity index (χ0v) is 6.55. The number of carbonyl (C=O) groups excluding carboxylic acids is 1. The molecule has 2 aliphatic carbocycles. The Labute approximate surface area is 66.3 Å². The van der Waals surface area contributed by atoms with E-state index in [1.165, 1.54) is 19.3 Å². The Bertz CT molecular complexity index is 181. The normalized spacial score (nSPS) is 40.9. The number of primary amides is 1. The van der Waals surface area contributed by atoms with E-state index in [1.807, 2.05) is 0 Å². The van der Waals surface area contributed by atoms with Gasteiger partial charge in [0.2, 0.25) is 0 Å². The van der Waals surface area contributed by atoms with Gasteiger partial charge in [-0.05, 0) is 31.1 Å². The first-order valence-electron chi connectivity index (χ1n) is 4.31. The second kappa shape index (κ2) is 2.40. The molecule has 0 saturated heterocycles. The van der Waals surface area contributed by atoms with Gasteiger partial charge in [-0.2, -0.15) is 0 Å². The van der Waals surface area contributed by atoms with E-state index in [0.29, 0.717) is 6.04 Å². The minimum absolute atomic E-state index is 0.359. The standard InChI is InChI=1S/C8H14N2O/c9-8(11)10-7-4-5-1-2-6(7)3-5/h5-7H,1-4H2,(H3,9,10,11). The summed E-state index contributed by atoms with van der Waals surface area (Å²) in [5.41, 5.74) is 5.05. The fourth-order valence-electron chi connectivity index (χ4n) is 2.60. The molecular formula is C8H14N2O. The quantitative estimate of drug-likeness (QED) is 0.577. The molecule has 2 bridgehead atoms. The molecule has 3 nitrogen and oxygen atoms in total. The van der Waals surface area contributed by atoms with Crippen molar-refractivity contribution in [2.45, 2.75) is 31.7 Å². The van der Waals surface area contributed by atoms with Crippen LogP contribution in [0.3, 0.4) is 0 Å². The Kier molecular flexibility index (Phi) is 1.51. The Morgan fingerprint density at radius 1 is 1.36 bits per heavy atom. The highest BCUT2D eigenvalue weighted by atomic mass is 16.2. The maximum atomic E-state index is 10.5. The third-order valence-corrected chi connectivity index (χ3v) is 3.07. The highest BCUT2D eigenvalue weighted by Crippen LogP contribution is 2.44. The molecule has 2 aliphatic rings. The Morgan fingerprint density at radius 2 is 2.18 bits per heavy atom. The minimum Gasteiger partial charge on any atom is -0.352 e. The van der Waals surface area contributed by atoms with Crippen LogP contribution in [0.4, 0.5) is 4.79 Å². The number of urea groups is 1. The number of hydrogen-bond acceptors (Lipinski definition) is 1. The van der Waals surface area contributed by atoms with Crippen LogP contribution in [0.15, 0.2) is 0 Å². The van der Waals surface area contributed by atoms with Gasteiger partial charge in [-0.15, -0.1) is 0 Å². The average Bonchev–Trinajstić information content (AvgIpc) is 2.45. The van der Waals surface area contributed by atoms with E-state index in [9.17, 15) is 4.79 Å². The fourth-order valence-corrected chi connectivity index (χ4v) is 2.60. The van der Waals surface area contributed by atoms with Crippen LogP contribution >= 0.6 is 0 Å². The van der Waals surface area contributed by atoms with Crippen LogP contribution in [-0.2, 0) is 0 Å². The summed E-state index contributed by atoms with van der Waals surface area (Å²) in [7, 11) is 0. The summed E-state index contributed by atoms with van der Waals surface area (Å²) in [6, 6.07) is 0.0359.